The highest BCUT2D eigenvalue weighted by atomic mass is 32.1. The number of carbonyl (C=O) groups excluding carboxylic acids is 1. The summed E-state index contributed by atoms with van der Waals surface area (Å²) in [6.07, 6.45) is 3.87. The third kappa shape index (κ3) is 3.59. The lowest BCUT2D eigenvalue weighted by Crippen LogP contribution is -2.39. The fourth-order valence-electron chi connectivity index (χ4n) is 3.12. The molecule has 4 nitrogen and oxygen atoms in total. The molecular formula is C22H19N3OS. The van der Waals surface area contributed by atoms with E-state index >= 15 is 0 Å². The summed E-state index contributed by atoms with van der Waals surface area (Å²) in [6.45, 7) is 1.97. The van der Waals surface area contributed by atoms with Crippen molar-refractivity contribution in [1.29, 1.82) is 0 Å². The number of carbonyl (C=O) groups is 1. The quantitative estimate of drug-likeness (QED) is 0.545. The fraction of sp³-hybridized carbons (Fsp3) is 0.136. The molecular weight excluding hydrogens is 354 g/mol. The van der Waals surface area contributed by atoms with Crippen molar-refractivity contribution in [3.8, 4) is 0 Å². The molecule has 2 heterocycles. The zero-order chi connectivity index (χ0) is 18.7. The number of thiazole rings is 1. The Morgan fingerprint density at radius 2 is 1.81 bits per heavy atom. The second-order valence-corrected chi connectivity index (χ2v) is 7.76. The van der Waals surface area contributed by atoms with Crippen LogP contribution in [0.1, 0.15) is 17.5 Å². The molecule has 0 fully saturated rings. The van der Waals surface area contributed by atoms with Crippen LogP contribution in [0.15, 0.2) is 79.1 Å². The molecule has 134 valence electrons. The number of benzene rings is 2. The molecule has 0 aliphatic carbocycles. The molecule has 27 heavy (non-hydrogen) atoms. The van der Waals surface area contributed by atoms with Crippen molar-refractivity contribution in [2.24, 2.45) is 0 Å². The predicted octanol–water partition coefficient (Wildman–Crippen LogP) is 4.83. The largest absolute Gasteiger partial charge is 0.324 e. The van der Waals surface area contributed by atoms with Crippen LogP contribution >= 0.6 is 11.3 Å². The van der Waals surface area contributed by atoms with Crippen LogP contribution in [0.25, 0.3) is 10.2 Å². The highest BCUT2D eigenvalue weighted by Crippen LogP contribution is 2.33. The maximum absolute atomic E-state index is 13.3. The average molecular weight is 373 g/mol. The molecule has 5 heteroatoms. The first kappa shape index (κ1) is 17.4. The summed E-state index contributed by atoms with van der Waals surface area (Å²) in [5.74, 6) is -0.0686. The van der Waals surface area contributed by atoms with E-state index in [1.807, 2.05) is 67.6 Å². The number of aromatic nitrogens is 2. The number of para-hydroxylation sites is 1. The second kappa shape index (κ2) is 7.29. The first-order chi connectivity index (χ1) is 13.1. The first-order valence-corrected chi connectivity index (χ1v) is 9.58. The number of pyridine rings is 1. The Balaban J connectivity index is 1.70. The summed E-state index contributed by atoms with van der Waals surface area (Å²) >= 11 is 1.64. The Labute approximate surface area is 161 Å². The average Bonchev–Trinajstić information content (AvgIpc) is 3.11. The standard InChI is InChI=1S/C22H19N3OS/c1-22(16-8-3-2-4-9-16,21(26)24-17-10-7-13-23-15-17)14-20-25-18-11-5-6-12-19(18)27-20/h2-13,15H,14H2,1H3,(H,24,26). The van der Waals surface area contributed by atoms with E-state index in [4.69, 9.17) is 4.98 Å². The van der Waals surface area contributed by atoms with Crippen molar-refractivity contribution >= 4 is 33.1 Å². The van der Waals surface area contributed by atoms with Gasteiger partial charge in [0.15, 0.2) is 0 Å². The Hall–Kier alpha value is -3.05. The lowest BCUT2D eigenvalue weighted by Gasteiger charge is -2.28. The van der Waals surface area contributed by atoms with E-state index in [-0.39, 0.29) is 5.91 Å². The smallest absolute Gasteiger partial charge is 0.235 e. The minimum Gasteiger partial charge on any atom is -0.324 e. The van der Waals surface area contributed by atoms with Crippen molar-refractivity contribution in [3.63, 3.8) is 0 Å². The number of fused-ring (bicyclic) bond motifs is 1. The number of anilines is 1. The molecule has 2 aromatic heterocycles. The van der Waals surface area contributed by atoms with Gasteiger partial charge in [-0.3, -0.25) is 9.78 Å². The maximum atomic E-state index is 13.3. The number of nitrogens with zero attached hydrogens (tertiary/aromatic N) is 2. The Morgan fingerprint density at radius 1 is 1.04 bits per heavy atom. The van der Waals surface area contributed by atoms with Crippen molar-refractivity contribution < 1.29 is 4.79 Å². The van der Waals surface area contributed by atoms with Gasteiger partial charge in [-0.25, -0.2) is 4.98 Å². The number of rotatable bonds is 5. The number of hydrogen-bond donors (Lipinski definition) is 1. The Bertz CT molecular complexity index is 1030. The van der Waals surface area contributed by atoms with E-state index in [2.05, 4.69) is 16.4 Å². The number of hydrogen-bond acceptors (Lipinski definition) is 4. The van der Waals surface area contributed by atoms with E-state index in [0.29, 0.717) is 12.1 Å². The van der Waals surface area contributed by atoms with Crippen LogP contribution in [0.3, 0.4) is 0 Å². The minimum atomic E-state index is -0.745. The third-order valence-corrected chi connectivity index (χ3v) is 5.71. The molecule has 2 aromatic carbocycles. The van der Waals surface area contributed by atoms with Crippen LogP contribution in [-0.4, -0.2) is 15.9 Å². The highest BCUT2D eigenvalue weighted by molar-refractivity contribution is 7.18. The fourth-order valence-corrected chi connectivity index (χ4v) is 4.25. The summed E-state index contributed by atoms with van der Waals surface area (Å²) in [7, 11) is 0. The van der Waals surface area contributed by atoms with E-state index in [1.54, 1.807) is 23.7 Å². The van der Waals surface area contributed by atoms with Crippen LogP contribution < -0.4 is 5.32 Å². The third-order valence-electron chi connectivity index (χ3n) is 4.67. The number of nitrogens with one attached hydrogen (secondary N) is 1. The van der Waals surface area contributed by atoms with Gasteiger partial charge in [-0.2, -0.15) is 0 Å². The molecule has 0 radical (unpaired) electrons. The lowest BCUT2D eigenvalue weighted by molar-refractivity contribution is -0.121. The van der Waals surface area contributed by atoms with Crippen molar-refractivity contribution in [3.05, 3.63) is 89.7 Å². The molecule has 0 bridgehead atoms. The van der Waals surface area contributed by atoms with Gasteiger partial charge in [-0.15, -0.1) is 11.3 Å². The Morgan fingerprint density at radius 3 is 2.56 bits per heavy atom. The van der Waals surface area contributed by atoms with Crippen LogP contribution in [0.4, 0.5) is 5.69 Å². The molecule has 0 saturated carbocycles. The second-order valence-electron chi connectivity index (χ2n) is 6.65. The molecule has 0 aliphatic rings. The SMILES string of the molecule is CC(Cc1nc2ccccc2s1)(C(=O)Nc1cccnc1)c1ccccc1. The minimum absolute atomic E-state index is 0.0686. The summed E-state index contributed by atoms with van der Waals surface area (Å²) < 4.78 is 1.13. The van der Waals surface area contributed by atoms with Crippen LogP contribution in [-0.2, 0) is 16.6 Å². The zero-order valence-electron chi connectivity index (χ0n) is 14.9. The van der Waals surface area contributed by atoms with Gasteiger partial charge in [-0.05, 0) is 36.8 Å². The molecule has 1 amide bonds. The van der Waals surface area contributed by atoms with E-state index < -0.39 is 5.41 Å². The van der Waals surface area contributed by atoms with Crippen LogP contribution in [0.5, 0.6) is 0 Å². The van der Waals surface area contributed by atoms with E-state index in [9.17, 15) is 4.79 Å². The molecule has 1 unspecified atom stereocenters. The van der Waals surface area contributed by atoms with Gasteiger partial charge in [0.1, 0.15) is 0 Å². The molecule has 0 saturated heterocycles. The molecule has 1 atom stereocenters. The van der Waals surface area contributed by atoms with Gasteiger partial charge in [0.2, 0.25) is 5.91 Å². The van der Waals surface area contributed by atoms with Gasteiger partial charge in [-0.1, -0.05) is 42.5 Å². The van der Waals surface area contributed by atoms with Gasteiger partial charge in [0.25, 0.3) is 0 Å². The maximum Gasteiger partial charge on any atom is 0.235 e. The molecule has 4 rings (SSSR count). The van der Waals surface area contributed by atoms with Crippen LogP contribution in [0, 0.1) is 0 Å². The van der Waals surface area contributed by atoms with E-state index in [0.717, 1.165) is 20.8 Å². The monoisotopic (exact) mass is 373 g/mol. The van der Waals surface area contributed by atoms with Gasteiger partial charge in [0.05, 0.1) is 32.5 Å². The van der Waals surface area contributed by atoms with Gasteiger partial charge >= 0.3 is 0 Å². The van der Waals surface area contributed by atoms with Crippen molar-refractivity contribution in [2.45, 2.75) is 18.8 Å². The molecule has 0 spiro atoms. The number of amides is 1. The first-order valence-electron chi connectivity index (χ1n) is 8.77. The summed E-state index contributed by atoms with van der Waals surface area (Å²) in [5, 5.41) is 3.96. The van der Waals surface area contributed by atoms with Gasteiger partial charge < -0.3 is 5.32 Å². The van der Waals surface area contributed by atoms with E-state index in [1.165, 1.54) is 0 Å². The Kier molecular flexibility index (Phi) is 4.69. The van der Waals surface area contributed by atoms with Crippen molar-refractivity contribution in [1.82, 2.24) is 9.97 Å². The van der Waals surface area contributed by atoms with Gasteiger partial charge in [0, 0.05) is 12.6 Å². The van der Waals surface area contributed by atoms with Crippen molar-refractivity contribution in [2.75, 3.05) is 5.32 Å². The normalized spacial score (nSPS) is 13.2. The topological polar surface area (TPSA) is 54.9 Å². The predicted molar refractivity (Wildman–Crippen MR) is 110 cm³/mol. The summed E-state index contributed by atoms with van der Waals surface area (Å²) in [6, 6.07) is 21.6. The summed E-state index contributed by atoms with van der Waals surface area (Å²) in [5.41, 5.74) is 1.88. The molecule has 4 aromatic rings. The summed E-state index contributed by atoms with van der Waals surface area (Å²) in [4.78, 5) is 22.1. The molecule has 1 N–H and O–H groups in total. The zero-order valence-corrected chi connectivity index (χ0v) is 15.7. The van der Waals surface area contributed by atoms with Crippen LogP contribution in [0.2, 0.25) is 0 Å². The highest BCUT2D eigenvalue weighted by Gasteiger charge is 2.36. The lowest BCUT2D eigenvalue weighted by atomic mass is 9.78. The molecule has 0 aliphatic heterocycles.